The summed E-state index contributed by atoms with van der Waals surface area (Å²) in [6, 6.07) is 19.1. The zero-order valence-electron chi connectivity index (χ0n) is 20.6. The van der Waals surface area contributed by atoms with E-state index < -0.39 is 0 Å². The molecule has 0 aliphatic carbocycles. The van der Waals surface area contributed by atoms with Gasteiger partial charge in [-0.25, -0.2) is 14.4 Å². The molecule has 0 saturated carbocycles. The summed E-state index contributed by atoms with van der Waals surface area (Å²) in [6.45, 7) is 3.04. The maximum atomic E-state index is 13.6. The second kappa shape index (κ2) is 11.1. The standard InChI is InChI=1S/C30H27FN4O2/c1-2-37-25-9-3-6-21(18-25)29-28(20-10-13-23(31)14-11-20)34-26-15-12-22(19-27(26)35-29)30(36)33-17-5-8-24-7-4-16-32-24/h3-4,6,9-16,18-19H,2,5,7-8,17H2,1H3,(H,33,36). The number of rotatable bonds is 9. The number of amides is 1. The lowest BCUT2D eigenvalue weighted by Gasteiger charge is -2.13. The van der Waals surface area contributed by atoms with Gasteiger partial charge in [0, 0.05) is 41.6 Å². The highest BCUT2D eigenvalue weighted by atomic mass is 19.1. The van der Waals surface area contributed by atoms with E-state index in [1.807, 2.05) is 43.5 Å². The van der Waals surface area contributed by atoms with Crippen molar-refractivity contribution < 1.29 is 13.9 Å². The van der Waals surface area contributed by atoms with Crippen molar-refractivity contribution in [2.45, 2.75) is 26.2 Å². The van der Waals surface area contributed by atoms with Gasteiger partial charge in [0.15, 0.2) is 0 Å². The van der Waals surface area contributed by atoms with Gasteiger partial charge in [0.05, 0.1) is 29.0 Å². The van der Waals surface area contributed by atoms with Crippen molar-refractivity contribution in [3.05, 3.63) is 90.4 Å². The number of ether oxygens (including phenoxy) is 1. The van der Waals surface area contributed by atoms with Gasteiger partial charge in [-0.05, 0) is 74.4 Å². The number of carbonyl (C=O) groups excluding carboxylic acids is 1. The summed E-state index contributed by atoms with van der Waals surface area (Å²) < 4.78 is 19.3. The van der Waals surface area contributed by atoms with Crippen molar-refractivity contribution in [1.82, 2.24) is 15.3 Å². The molecule has 0 fully saturated rings. The van der Waals surface area contributed by atoms with Crippen molar-refractivity contribution in [1.29, 1.82) is 0 Å². The Morgan fingerprint density at radius 3 is 2.57 bits per heavy atom. The van der Waals surface area contributed by atoms with Crippen LogP contribution in [0.1, 0.15) is 36.5 Å². The Labute approximate surface area is 215 Å². The molecular formula is C30H27FN4O2. The fraction of sp³-hybridized carbons (Fsp3) is 0.200. The number of allylic oxidation sites excluding steroid dienone is 1. The molecule has 1 aliphatic heterocycles. The van der Waals surface area contributed by atoms with Crippen LogP contribution in [0.25, 0.3) is 33.5 Å². The van der Waals surface area contributed by atoms with Crippen LogP contribution >= 0.6 is 0 Å². The molecule has 0 unspecified atom stereocenters. The molecular weight excluding hydrogens is 467 g/mol. The molecule has 1 aliphatic rings. The Morgan fingerprint density at radius 1 is 0.973 bits per heavy atom. The largest absolute Gasteiger partial charge is 0.494 e. The van der Waals surface area contributed by atoms with Gasteiger partial charge >= 0.3 is 0 Å². The molecule has 37 heavy (non-hydrogen) atoms. The fourth-order valence-electron chi connectivity index (χ4n) is 4.27. The Hall–Kier alpha value is -4.39. The highest BCUT2D eigenvalue weighted by molar-refractivity contribution is 5.98. The third-order valence-corrected chi connectivity index (χ3v) is 6.11. The van der Waals surface area contributed by atoms with Crippen LogP contribution in [-0.4, -0.2) is 34.7 Å². The number of aliphatic imine (C=N–C) groups is 1. The van der Waals surface area contributed by atoms with Crippen LogP contribution in [0.2, 0.25) is 0 Å². The first kappa shape index (κ1) is 24.3. The Bertz CT molecular complexity index is 1500. The van der Waals surface area contributed by atoms with Crippen LogP contribution in [0.15, 0.2) is 84.0 Å². The first-order chi connectivity index (χ1) is 18.1. The van der Waals surface area contributed by atoms with E-state index >= 15 is 0 Å². The minimum atomic E-state index is -0.319. The van der Waals surface area contributed by atoms with Crippen LogP contribution in [-0.2, 0) is 0 Å². The number of carbonyl (C=O) groups is 1. The van der Waals surface area contributed by atoms with E-state index in [-0.39, 0.29) is 11.7 Å². The molecule has 0 radical (unpaired) electrons. The SMILES string of the molecule is CCOc1cccc(-c2nc3cc(C(=O)NCCCC4=NC=CC4)ccc3nc2-c2ccc(F)cc2)c1. The number of fused-ring (bicyclic) bond motifs is 1. The van der Waals surface area contributed by atoms with Gasteiger partial charge in [0.1, 0.15) is 11.6 Å². The Balaban J connectivity index is 1.46. The predicted octanol–water partition coefficient (Wildman–Crippen LogP) is 6.37. The quantitative estimate of drug-likeness (QED) is 0.274. The average Bonchev–Trinajstić information content (AvgIpc) is 3.44. The topological polar surface area (TPSA) is 76.5 Å². The monoisotopic (exact) mass is 494 g/mol. The number of benzene rings is 3. The molecule has 5 rings (SSSR count). The fourth-order valence-corrected chi connectivity index (χ4v) is 4.27. The van der Waals surface area contributed by atoms with Crippen LogP contribution in [0.4, 0.5) is 4.39 Å². The molecule has 1 N–H and O–H groups in total. The van der Waals surface area contributed by atoms with E-state index in [1.165, 1.54) is 12.1 Å². The van der Waals surface area contributed by atoms with Crippen molar-refractivity contribution in [3.63, 3.8) is 0 Å². The van der Waals surface area contributed by atoms with Crippen LogP contribution in [0.5, 0.6) is 5.75 Å². The maximum Gasteiger partial charge on any atom is 0.251 e. The van der Waals surface area contributed by atoms with Crippen molar-refractivity contribution in [3.8, 4) is 28.3 Å². The van der Waals surface area contributed by atoms with Gasteiger partial charge < -0.3 is 10.1 Å². The van der Waals surface area contributed by atoms with E-state index in [2.05, 4.69) is 10.3 Å². The summed E-state index contributed by atoms with van der Waals surface area (Å²) >= 11 is 0. The highest BCUT2D eigenvalue weighted by Crippen LogP contribution is 2.33. The number of hydrogen-bond donors (Lipinski definition) is 1. The number of halogens is 1. The van der Waals surface area contributed by atoms with Crippen LogP contribution in [0.3, 0.4) is 0 Å². The van der Waals surface area contributed by atoms with Crippen molar-refractivity contribution >= 4 is 22.7 Å². The smallest absolute Gasteiger partial charge is 0.251 e. The Kier molecular flexibility index (Phi) is 7.31. The van der Waals surface area contributed by atoms with Gasteiger partial charge in [0.2, 0.25) is 0 Å². The van der Waals surface area contributed by atoms with Gasteiger partial charge in [-0.3, -0.25) is 9.79 Å². The second-order valence-corrected chi connectivity index (χ2v) is 8.74. The summed E-state index contributed by atoms with van der Waals surface area (Å²) in [5.74, 6) is 0.248. The molecule has 0 atom stereocenters. The molecule has 2 heterocycles. The molecule has 0 saturated heterocycles. The molecule has 0 bridgehead atoms. The molecule has 3 aromatic carbocycles. The zero-order chi connectivity index (χ0) is 25.6. The molecule has 1 amide bonds. The number of nitrogens with zero attached hydrogens (tertiary/aromatic N) is 3. The molecule has 4 aromatic rings. The van der Waals surface area contributed by atoms with E-state index in [0.717, 1.165) is 41.9 Å². The minimum Gasteiger partial charge on any atom is -0.494 e. The summed E-state index contributed by atoms with van der Waals surface area (Å²) in [7, 11) is 0. The third-order valence-electron chi connectivity index (χ3n) is 6.11. The second-order valence-electron chi connectivity index (χ2n) is 8.74. The van der Waals surface area contributed by atoms with Gasteiger partial charge in [0.25, 0.3) is 5.91 Å². The number of hydrogen-bond acceptors (Lipinski definition) is 5. The summed E-state index contributed by atoms with van der Waals surface area (Å²) in [5.41, 5.74) is 5.73. The van der Waals surface area contributed by atoms with Gasteiger partial charge in [-0.1, -0.05) is 18.2 Å². The summed E-state index contributed by atoms with van der Waals surface area (Å²) in [6.07, 6.45) is 6.46. The van der Waals surface area contributed by atoms with Crippen LogP contribution < -0.4 is 10.1 Å². The zero-order valence-corrected chi connectivity index (χ0v) is 20.6. The van der Waals surface area contributed by atoms with E-state index in [4.69, 9.17) is 14.7 Å². The first-order valence-corrected chi connectivity index (χ1v) is 12.4. The van der Waals surface area contributed by atoms with Gasteiger partial charge in [-0.15, -0.1) is 0 Å². The van der Waals surface area contributed by atoms with E-state index in [9.17, 15) is 9.18 Å². The molecule has 7 heteroatoms. The summed E-state index contributed by atoms with van der Waals surface area (Å²) in [5, 5.41) is 2.98. The normalized spacial score (nSPS) is 12.5. The van der Waals surface area contributed by atoms with Gasteiger partial charge in [-0.2, -0.15) is 0 Å². The lowest BCUT2D eigenvalue weighted by Crippen LogP contribution is -2.24. The van der Waals surface area contributed by atoms with Crippen molar-refractivity contribution in [2.75, 3.05) is 13.2 Å². The lowest BCUT2D eigenvalue weighted by molar-refractivity contribution is 0.0953. The van der Waals surface area contributed by atoms with Crippen molar-refractivity contribution in [2.24, 2.45) is 4.99 Å². The van der Waals surface area contributed by atoms with E-state index in [0.29, 0.717) is 41.1 Å². The average molecular weight is 495 g/mol. The number of aromatic nitrogens is 2. The molecule has 186 valence electrons. The number of nitrogens with one attached hydrogen (secondary N) is 1. The maximum absolute atomic E-state index is 13.6. The lowest BCUT2D eigenvalue weighted by atomic mass is 10.0. The molecule has 0 spiro atoms. The third kappa shape index (κ3) is 5.72. The molecule has 1 aromatic heterocycles. The Morgan fingerprint density at radius 2 is 1.78 bits per heavy atom. The van der Waals surface area contributed by atoms with Crippen LogP contribution in [0, 0.1) is 5.82 Å². The molecule has 6 nitrogen and oxygen atoms in total. The first-order valence-electron chi connectivity index (χ1n) is 12.4. The minimum absolute atomic E-state index is 0.155. The predicted molar refractivity (Wildman–Crippen MR) is 144 cm³/mol. The highest BCUT2D eigenvalue weighted by Gasteiger charge is 2.16. The van der Waals surface area contributed by atoms with E-state index in [1.54, 1.807) is 30.3 Å². The summed E-state index contributed by atoms with van der Waals surface area (Å²) in [4.78, 5) is 26.9.